The van der Waals surface area contributed by atoms with Gasteiger partial charge in [0.05, 0.1) is 5.54 Å². The predicted molar refractivity (Wildman–Crippen MR) is 103 cm³/mol. The van der Waals surface area contributed by atoms with Gasteiger partial charge in [-0.1, -0.05) is 18.0 Å². The Morgan fingerprint density at radius 2 is 1.89 bits per heavy atom. The number of aromatic nitrogens is 1. The Morgan fingerprint density at radius 3 is 2.37 bits per heavy atom. The first kappa shape index (κ1) is 22.1. The molecule has 3 N–H and O–H groups in total. The molecule has 2 aliphatic rings. The zero-order chi connectivity index (χ0) is 18.9. The van der Waals surface area contributed by atoms with E-state index < -0.39 is 10.0 Å². The number of hydrogen-bond acceptors (Lipinski definition) is 6. The number of aryl methyl sites for hydroxylation is 2. The predicted octanol–water partition coefficient (Wildman–Crippen LogP) is 1.50. The Kier molecular flexibility index (Phi) is 6.94. The van der Waals surface area contributed by atoms with Crippen LogP contribution in [0.15, 0.2) is 9.42 Å². The largest absolute Gasteiger partial charge is 0.360 e. The highest BCUT2D eigenvalue weighted by atomic mass is 35.5. The fraction of sp³-hybridized carbons (Fsp3) is 0.765. The van der Waals surface area contributed by atoms with E-state index in [0.717, 1.165) is 25.7 Å². The third kappa shape index (κ3) is 4.31. The Morgan fingerprint density at radius 1 is 1.30 bits per heavy atom. The summed E-state index contributed by atoms with van der Waals surface area (Å²) in [6.45, 7) is 4.32. The Balaban J connectivity index is 0.00000261. The number of nitrogens with zero attached hydrogens (tertiary/aromatic N) is 2. The minimum atomic E-state index is -3.64. The van der Waals surface area contributed by atoms with Crippen LogP contribution in [-0.4, -0.2) is 49.0 Å². The fourth-order valence-electron chi connectivity index (χ4n) is 4.13. The van der Waals surface area contributed by atoms with E-state index in [1.165, 1.54) is 4.31 Å². The molecule has 2 heterocycles. The average Bonchev–Trinajstić information content (AvgIpc) is 3.22. The Hall–Kier alpha value is -1.16. The second-order valence-corrected chi connectivity index (χ2v) is 9.39. The first-order chi connectivity index (χ1) is 12.3. The van der Waals surface area contributed by atoms with E-state index in [9.17, 15) is 13.2 Å². The van der Waals surface area contributed by atoms with Crippen LogP contribution in [0.5, 0.6) is 0 Å². The molecule has 1 amide bonds. The van der Waals surface area contributed by atoms with Crippen LogP contribution in [-0.2, 0) is 14.8 Å². The Labute approximate surface area is 166 Å². The minimum Gasteiger partial charge on any atom is -0.360 e. The molecule has 0 radical (unpaired) electrons. The number of nitrogens with one attached hydrogen (secondary N) is 1. The standard InChI is InChI=1S/C17H28N4O4S.ClH/c1-12-15(13(2)25-20-12)26(23,24)21-9-5-14(6-10-21)16(22)19-17(11-18)7-3-4-8-17;/h14H,3-11,18H2,1-2H3,(H,19,22);1H. The van der Waals surface area contributed by atoms with Crippen molar-refractivity contribution >= 4 is 28.3 Å². The van der Waals surface area contributed by atoms with Gasteiger partial charge < -0.3 is 15.6 Å². The van der Waals surface area contributed by atoms with Crippen molar-refractivity contribution in [3.05, 3.63) is 11.5 Å². The molecule has 1 aliphatic carbocycles. The smallest absolute Gasteiger partial charge is 0.248 e. The SMILES string of the molecule is Cc1noc(C)c1S(=O)(=O)N1CCC(C(=O)NC2(CN)CCCC2)CC1.Cl. The van der Waals surface area contributed by atoms with Crippen molar-refractivity contribution in [2.24, 2.45) is 11.7 Å². The third-order valence-electron chi connectivity index (χ3n) is 5.73. The maximum Gasteiger partial charge on any atom is 0.248 e. The monoisotopic (exact) mass is 420 g/mol. The first-order valence-electron chi connectivity index (χ1n) is 9.24. The maximum atomic E-state index is 12.9. The summed E-state index contributed by atoms with van der Waals surface area (Å²) in [6, 6.07) is 0. The van der Waals surface area contributed by atoms with Crippen LogP contribution in [0, 0.1) is 19.8 Å². The van der Waals surface area contributed by atoms with Gasteiger partial charge >= 0.3 is 0 Å². The van der Waals surface area contributed by atoms with Crippen LogP contribution in [0.4, 0.5) is 0 Å². The number of sulfonamides is 1. The molecule has 8 nitrogen and oxygen atoms in total. The van der Waals surface area contributed by atoms with Crippen LogP contribution >= 0.6 is 12.4 Å². The van der Waals surface area contributed by atoms with Gasteiger partial charge in [-0.25, -0.2) is 8.42 Å². The second kappa shape index (κ2) is 8.46. The molecule has 27 heavy (non-hydrogen) atoms. The van der Waals surface area contributed by atoms with Gasteiger partial charge in [-0.05, 0) is 39.5 Å². The van der Waals surface area contributed by atoms with E-state index in [0.29, 0.717) is 43.9 Å². The zero-order valence-electron chi connectivity index (χ0n) is 15.9. The molecule has 1 aliphatic heterocycles. The summed E-state index contributed by atoms with van der Waals surface area (Å²) >= 11 is 0. The summed E-state index contributed by atoms with van der Waals surface area (Å²) in [5.41, 5.74) is 5.99. The molecule has 3 rings (SSSR count). The fourth-order valence-corrected chi connectivity index (χ4v) is 5.89. The van der Waals surface area contributed by atoms with E-state index in [-0.39, 0.29) is 34.7 Å². The van der Waals surface area contributed by atoms with Gasteiger partial charge in [0.25, 0.3) is 0 Å². The molecule has 1 aromatic rings. The molecule has 0 unspecified atom stereocenters. The summed E-state index contributed by atoms with van der Waals surface area (Å²) < 4.78 is 32.1. The van der Waals surface area contributed by atoms with Crippen molar-refractivity contribution in [3.8, 4) is 0 Å². The van der Waals surface area contributed by atoms with Crippen molar-refractivity contribution in [3.63, 3.8) is 0 Å². The molecule has 0 atom stereocenters. The van der Waals surface area contributed by atoms with Gasteiger partial charge in [0.1, 0.15) is 10.6 Å². The summed E-state index contributed by atoms with van der Waals surface area (Å²) in [4.78, 5) is 12.8. The van der Waals surface area contributed by atoms with Gasteiger partial charge in [0, 0.05) is 25.6 Å². The minimum absolute atomic E-state index is 0. The van der Waals surface area contributed by atoms with E-state index >= 15 is 0 Å². The maximum absolute atomic E-state index is 12.9. The third-order valence-corrected chi connectivity index (χ3v) is 7.87. The highest BCUT2D eigenvalue weighted by molar-refractivity contribution is 7.89. The van der Waals surface area contributed by atoms with Gasteiger partial charge in [-0.15, -0.1) is 12.4 Å². The van der Waals surface area contributed by atoms with Crippen LogP contribution < -0.4 is 11.1 Å². The van der Waals surface area contributed by atoms with E-state index in [2.05, 4.69) is 10.5 Å². The number of halogens is 1. The highest BCUT2D eigenvalue weighted by Crippen LogP contribution is 2.31. The highest BCUT2D eigenvalue weighted by Gasteiger charge is 2.39. The first-order valence-corrected chi connectivity index (χ1v) is 10.7. The lowest BCUT2D eigenvalue weighted by molar-refractivity contribution is -0.128. The number of piperidine rings is 1. The quantitative estimate of drug-likeness (QED) is 0.745. The summed E-state index contributed by atoms with van der Waals surface area (Å²) in [7, 11) is -3.64. The van der Waals surface area contributed by atoms with Gasteiger partial charge in [-0.3, -0.25) is 4.79 Å². The zero-order valence-corrected chi connectivity index (χ0v) is 17.5. The molecule has 2 fully saturated rings. The summed E-state index contributed by atoms with van der Waals surface area (Å²) in [5, 5.41) is 6.89. The molecule has 1 saturated heterocycles. The molecule has 0 bridgehead atoms. The lowest BCUT2D eigenvalue weighted by Gasteiger charge is -2.34. The number of nitrogens with two attached hydrogens (primary N) is 1. The lowest BCUT2D eigenvalue weighted by atomic mass is 9.93. The van der Waals surface area contributed by atoms with Gasteiger partial charge in [-0.2, -0.15) is 4.31 Å². The van der Waals surface area contributed by atoms with Crippen LogP contribution in [0.3, 0.4) is 0 Å². The molecular formula is C17H29ClN4O4S. The molecule has 0 aromatic carbocycles. The molecule has 1 saturated carbocycles. The number of hydrogen-bond donors (Lipinski definition) is 2. The average molecular weight is 421 g/mol. The summed E-state index contributed by atoms with van der Waals surface area (Å²) in [5.74, 6) is 0.135. The van der Waals surface area contributed by atoms with Crippen LogP contribution in [0.1, 0.15) is 50.0 Å². The van der Waals surface area contributed by atoms with Crippen LogP contribution in [0.25, 0.3) is 0 Å². The molecule has 10 heteroatoms. The van der Waals surface area contributed by atoms with Crippen LogP contribution in [0.2, 0.25) is 0 Å². The topological polar surface area (TPSA) is 119 Å². The number of carbonyl (C=O) groups is 1. The van der Waals surface area contributed by atoms with Crippen molar-refractivity contribution in [2.75, 3.05) is 19.6 Å². The normalized spacial score (nSPS) is 21.0. The van der Waals surface area contributed by atoms with Crippen molar-refractivity contribution in [1.29, 1.82) is 0 Å². The van der Waals surface area contributed by atoms with Gasteiger partial charge in [0.15, 0.2) is 5.76 Å². The Bertz CT molecular complexity index is 746. The molecule has 1 aromatic heterocycles. The second-order valence-electron chi connectivity index (χ2n) is 7.51. The van der Waals surface area contributed by atoms with E-state index in [1.807, 2.05) is 0 Å². The number of carbonyl (C=O) groups excluding carboxylic acids is 1. The molecular weight excluding hydrogens is 392 g/mol. The van der Waals surface area contributed by atoms with Crippen molar-refractivity contribution in [1.82, 2.24) is 14.8 Å². The number of rotatable bonds is 5. The molecule has 154 valence electrons. The van der Waals surface area contributed by atoms with Crippen molar-refractivity contribution in [2.45, 2.75) is 62.8 Å². The van der Waals surface area contributed by atoms with E-state index in [4.69, 9.17) is 10.3 Å². The lowest BCUT2D eigenvalue weighted by Crippen LogP contribution is -2.54. The number of amides is 1. The van der Waals surface area contributed by atoms with E-state index in [1.54, 1.807) is 13.8 Å². The van der Waals surface area contributed by atoms with Crippen molar-refractivity contribution < 1.29 is 17.7 Å². The molecule has 0 spiro atoms. The summed E-state index contributed by atoms with van der Waals surface area (Å²) in [6.07, 6.45) is 5.05. The van der Waals surface area contributed by atoms with Gasteiger partial charge in [0.2, 0.25) is 15.9 Å².